The van der Waals surface area contributed by atoms with E-state index in [0.29, 0.717) is 5.56 Å². The molecule has 0 bridgehead atoms. The van der Waals surface area contributed by atoms with Gasteiger partial charge in [0.15, 0.2) is 5.78 Å². The summed E-state index contributed by atoms with van der Waals surface area (Å²) in [7, 11) is 0. The van der Waals surface area contributed by atoms with Crippen LogP contribution in [-0.2, 0) is 6.18 Å². The lowest BCUT2D eigenvalue weighted by Gasteiger charge is -2.13. The van der Waals surface area contributed by atoms with Crippen LogP contribution in [0.2, 0.25) is 0 Å². The molecule has 0 spiro atoms. The molecule has 3 aromatic rings. The minimum absolute atomic E-state index is 0.0271. The zero-order valence-corrected chi connectivity index (χ0v) is 16.3. The molecule has 0 aliphatic rings. The number of benzene rings is 3. The summed E-state index contributed by atoms with van der Waals surface area (Å²) < 4.78 is 38.7. The zero-order chi connectivity index (χ0) is 22.6. The van der Waals surface area contributed by atoms with Gasteiger partial charge in [0.1, 0.15) is 0 Å². The quantitative estimate of drug-likeness (QED) is 0.536. The van der Waals surface area contributed by atoms with Crippen LogP contribution >= 0.6 is 0 Å². The first-order valence-electron chi connectivity index (χ1n) is 9.15. The van der Waals surface area contributed by atoms with E-state index in [1.807, 2.05) is 0 Å². The van der Waals surface area contributed by atoms with Gasteiger partial charge in [0.05, 0.1) is 16.8 Å². The molecule has 0 atom stereocenters. The minimum atomic E-state index is -4.54. The predicted molar refractivity (Wildman–Crippen MR) is 110 cm³/mol. The summed E-state index contributed by atoms with van der Waals surface area (Å²) in [6.45, 7) is 1.41. The number of amides is 2. The Bertz CT molecular complexity index is 1140. The third-order valence-corrected chi connectivity index (χ3v) is 4.42. The Morgan fingerprint density at radius 1 is 0.742 bits per heavy atom. The van der Waals surface area contributed by atoms with Crippen molar-refractivity contribution in [3.05, 3.63) is 95.1 Å². The van der Waals surface area contributed by atoms with Gasteiger partial charge in [-0.3, -0.25) is 14.4 Å². The number of carbonyl (C=O) groups is 3. The molecule has 2 N–H and O–H groups in total. The Morgan fingerprint density at radius 2 is 1.39 bits per heavy atom. The van der Waals surface area contributed by atoms with Gasteiger partial charge in [-0.05, 0) is 49.4 Å². The molecule has 3 aromatic carbocycles. The van der Waals surface area contributed by atoms with Crippen molar-refractivity contribution in [2.75, 3.05) is 10.6 Å². The molecular formula is C23H17F3N2O3. The Morgan fingerprint density at radius 3 is 2.03 bits per heavy atom. The second-order valence-corrected chi connectivity index (χ2v) is 6.67. The van der Waals surface area contributed by atoms with E-state index < -0.39 is 23.6 Å². The van der Waals surface area contributed by atoms with Crippen LogP contribution in [0.4, 0.5) is 24.5 Å². The van der Waals surface area contributed by atoms with Crippen LogP contribution in [0.15, 0.2) is 72.8 Å². The lowest BCUT2D eigenvalue weighted by Crippen LogP contribution is -2.18. The number of halogens is 3. The Balaban J connectivity index is 1.79. The average molecular weight is 426 g/mol. The lowest BCUT2D eigenvalue weighted by atomic mass is 10.1. The first kappa shape index (κ1) is 21.8. The molecule has 0 radical (unpaired) electrons. The topological polar surface area (TPSA) is 75.3 Å². The largest absolute Gasteiger partial charge is 0.416 e. The van der Waals surface area contributed by atoms with Crippen LogP contribution in [0, 0.1) is 0 Å². The van der Waals surface area contributed by atoms with Gasteiger partial charge in [-0.25, -0.2) is 0 Å². The summed E-state index contributed by atoms with van der Waals surface area (Å²) in [5.74, 6) is -1.32. The Kier molecular flexibility index (Phi) is 6.20. The first-order chi connectivity index (χ1) is 14.6. The number of rotatable bonds is 5. The first-order valence-corrected chi connectivity index (χ1v) is 9.15. The molecule has 2 amide bonds. The van der Waals surface area contributed by atoms with Crippen LogP contribution in [0.3, 0.4) is 0 Å². The number of Topliss-reactive ketones (excluding diaryl/α,β-unsaturated/α-hetero) is 1. The van der Waals surface area contributed by atoms with Crippen molar-refractivity contribution >= 4 is 29.0 Å². The predicted octanol–water partition coefficient (Wildman–Crippen LogP) is 5.41. The van der Waals surface area contributed by atoms with Crippen molar-refractivity contribution < 1.29 is 27.6 Å². The van der Waals surface area contributed by atoms with Gasteiger partial charge in [0.25, 0.3) is 11.8 Å². The highest BCUT2D eigenvalue weighted by Gasteiger charge is 2.30. The summed E-state index contributed by atoms with van der Waals surface area (Å²) in [5, 5.41) is 5.03. The van der Waals surface area contributed by atoms with Crippen molar-refractivity contribution in [2.45, 2.75) is 13.1 Å². The number of anilines is 2. The van der Waals surface area contributed by atoms with Gasteiger partial charge < -0.3 is 10.6 Å². The highest BCUT2D eigenvalue weighted by atomic mass is 19.4. The molecular weight excluding hydrogens is 409 g/mol. The van der Waals surface area contributed by atoms with Crippen LogP contribution < -0.4 is 10.6 Å². The molecule has 0 aliphatic heterocycles. The van der Waals surface area contributed by atoms with Crippen molar-refractivity contribution in [3.63, 3.8) is 0 Å². The summed E-state index contributed by atoms with van der Waals surface area (Å²) in [4.78, 5) is 36.5. The van der Waals surface area contributed by atoms with Crippen LogP contribution in [0.5, 0.6) is 0 Å². The van der Waals surface area contributed by atoms with E-state index in [0.717, 1.165) is 12.1 Å². The summed E-state index contributed by atoms with van der Waals surface area (Å²) in [5.41, 5.74) is 0.0819. The molecule has 0 aromatic heterocycles. The summed E-state index contributed by atoms with van der Waals surface area (Å²) >= 11 is 0. The van der Waals surface area contributed by atoms with E-state index in [1.54, 1.807) is 12.1 Å². The van der Waals surface area contributed by atoms with Crippen molar-refractivity contribution in [2.24, 2.45) is 0 Å². The standard InChI is InChI=1S/C23H17F3N2O3/c1-14(29)15-9-11-16(12-10-15)21(30)28-20-8-3-2-7-19(20)22(31)27-18-6-4-5-17(13-18)23(24,25)26/h2-13H,1H3,(H,27,31)(H,28,30). The summed E-state index contributed by atoms with van der Waals surface area (Å²) in [6, 6.07) is 16.4. The van der Waals surface area contributed by atoms with Crippen LogP contribution in [0.25, 0.3) is 0 Å². The van der Waals surface area contributed by atoms with E-state index in [-0.39, 0.29) is 28.3 Å². The second-order valence-electron chi connectivity index (χ2n) is 6.67. The Hall–Kier alpha value is -3.94. The van der Waals surface area contributed by atoms with E-state index in [2.05, 4.69) is 10.6 Å². The van der Waals surface area contributed by atoms with Crippen molar-refractivity contribution in [1.29, 1.82) is 0 Å². The molecule has 0 unspecified atom stereocenters. The van der Waals surface area contributed by atoms with Gasteiger partial charge in [-0.1, -0.05) is 30.3 Å². The number of carbonyl (C=O) groups excluding carboxylic acids is 3. The van der Waals surface area contributed by atoms with Gasteiger partial charge in [-0.2, -0.15) is 13.2 Å². The van der Waals surface area contributed by atoms with Gasteiger partial charge in [0, 0.05) is 16.8 Å². The van der Waals surface area contributed by atoms with E-state index in [9.17, 15) is 27.6 Å². The molecule has 0 heterocycles. The number of para-hydroxylation sites is 1. The molecule has 158 valence electrons. The van der Waals surface area contributed by atoms with Crippen LogP contribution in [-0.4, -0.2) is 17.6 Å². The maximum Gasteiger partial charge on any atom is 0.416 e. The smallest absolute Gasteiger partial charge is 0.322 e. The lowest BCUT2D eigenvalue weighted by molar-refractivity contribution is -0.137. The van der Waals surface area contributed by atoms with E-state index in [1.165, 1.54) is 55.5 Å². The van der Waals surface area contributed by atoms with Gasteiger partial charge >= 0.3 is 6.18 Å². The Labute approximate surface area is 175 Å². The van der Waals surface area contributed by atoms with Crippen molar-refractivity contribution in [1.82, 2.24) is 0 Å². The molecule has 5 nitrogen and oxygen atoms in total. The average Bonchev–Trinajstić information content (AvgIpc) is 2.73. The molecule has 8 heteroatoms. The molecule has 0 fully saturated rings. The molecule has 3 rings (SSSR count). The zero-order valence-electron chi connectivity index (χ0n) is 16.3. The number of hydrogen-bond donors (Lipinski definition) is 2. The number of nitrogens with one attached hydrogen (secondary N) is 2. The SMILES string of the molecule is CC(=O)c1ccc(C(=O)Nc2ccccc2C(=O)Nc2cccc(C(F)(F)F)c2)cc1. The van der Waals surface area contributed by atoms with Crippen molar-refractivity contribution in [3.8, 4) is 0 Å². The highest BCUT2D eigenvalue weighted by Crippen LogP contribution is 2.31. The fourth-order valence-electron chi connectivity index (χ4n) is 2.81. The maximum absolute atomic E-state index is 12.9. The van der Waals surface area contributed by atoms with E-state index in [4.69, 9.17) is 0 Å². The number of alkyl halides is 3. The van der Waals surface area contributed by atoms with Gasteiger partial charge in [-0.15, -0.1) is 0 Å². The molecule has 0 saturated carbocycles. The minimum Gasteiger partial charge on any atom is -0.322 e. The monoisotopic (exact) mass is 426 g/mol. The third kappa shape index (κ3) is 5.36. The normalized spacial score (nSPS) is 11.0. The summed E-state index contributed by atoms with van der Waals surface area (Å²) in [6.07, 6.45) is -4.54. The second kappa shape index (κ2) is 8.83. The molecule has 0 aliphatic carbocycles. The number of ketones is 1. The fraction of sp³-hybridized carbons (Fsp3) is 0.0870. The van der Waals surface area contributed by atoms with E-state index >= 15 is 0 Å². The number of hydrogen-bond acceptors (Lipinski definition) is 3. The maximum atomic E-state index is 12.9. The van der Waals surface area contributed by atoms with Gasteiger partial charge in [0.2, 0.25) is 0 Å². The highest BCUT2D eigenvalue weighted by molar-refractivity contribution is 6.12. The molecule has 0 saturated heterocycles. The van der Waals surface area contributed by atoms with Crippen LogP contribution in [0.1, 0.15) is 43.6 Å². The fourth-order valence-corrected chi connectivity index (χ4v) is 2.81. The third-order valence-electron chi connectivity index (χ3n) is 4.42. The molecule has 31 heavy (non-hydrogen) atoms.